The van der Waals surface area contributed by atoms with Crippen LogP contribution in [0.5, 0.6) is 5.75 Å². The molecule has 0 bridgehead atoms. The smallest absolute Gasteiger partial charge is 0.270 e. The molecule has 5 nitrogen and oxygen atoms in total. The van der Waals surface area contributed by atoms with Crippen LogP contribution >= 0.6 is 74.6 Å². The highest BCUT2D eigenvalue weighted by Crippen LogP contribution is 2.35. The third-order valence-corrected chi connectivity index (χ3v) is 7.12. The summed E-state index contributed by atoms with van der Waals surface area (Å²) in [5.41, 5.74) is 1.29. The number of halogens is 5. The van der Waals surface area contributed by atoms with Crippen LogP contribution in [0.4, 0.5) is 5.69 Å². The highest BCUT2D eigenvalue weighted by Gasteiger charge is 2.36. The monoisotopic (exact) mass is 628 g/mol. The molecule has 1 heterocycles. The van der Waals surface area contributed by atoms with Gasteiger partial charge in [-0.25, -0.2) is 0 Å². The van der Waals surface area contributed by atoms with Crippen molar-refractivity contribution in [2.45, 2.75) is 6.61 Å². The first-order valence-electron chi connectivity index (χ1n) is 9.87. The molecule has 0 spiro atoms. The predicted octanol–water partition coefficient (Wildman–Crippen LogP) is 7.47. The number of benzene rings is 3. The van der Waals surface area contributed by atoms with E-state index in [1.165, 1.54) is 6.08 Å². The fourth-order valence-corrected chi connectivity index (χ4v) is 4.75. The molecule has 1 N–H and O–H groups in total. The van der Waals surface area contributed by atoms with Gasteiger partial charge in [-0.15, -0.1) is 0 Å². The van der Waals surface area contributed by atoms with Gasteiger partial charge in [-0.3, -0.25) is 19.8 Å². The van der Waals surface area contributed by atoms with Gasteiger partial charge in [0.25, 0.3) is 11.8 Å². The standard InChI is InChI=1S/C24H13BrCl4N2O3S/c25-14-5-7-20(34-11-12-4-6-15(26)10-18(12)28)13(8-14)9-16-22(32)30-24(35)31(23(16)33)19-3-1-2-17(27)21(19)29/h1-10H,11H2,(H,30,32,35)/b16-9+. The highest BCUT2D eigenvalue weighted by molar-refractivity contribution is 9.10. The summed E-state index contributed by atoms with van der Waals surface area (Å²) in [5.74, 6) is -0.886. The molecular weight excluding hydrogens is 618 g/mol. The lowest BCUT2D eigenvalue weighted by Gasteiger charge is -2.29. The summed E-state index contributed by atoms with van der Waals surface area (Å²) in [6.07, 6.45) is 1.43. The van der Waals surface area contributed by atoms with E-state index in [1.54, 1.807) is 54.6 Å². The van der Waals surface area contributed by atoms with Crippen LogP contribution in [0.15, 0.2) is 64.6 Å². The number of hydrogen-bond acceptors (Lipinski definition) is 4. The first-order chi connectivity index (χ1) is 16.7. The number of rotatable bonds is 5. The lowest BCUT2D eigenvalue weighted by atomic mass is 10.1. The second-order valence-corrected chi connectivity index (χ2v) is 10.2. The molecule has 0 aliphatic carbocycles. The van der Waals surface area contributed by atoms with Gasteiger partial charge in [0, 0.05) is 25.6 Å². The summed E-state index contributed by atoms with van der Waals surface area (Å²) in [4.78, 5) is 27.3. The van der Waals surface area contributed by atoms with E-state index in [-0.39, 0.29) is 33.0 Å². The molecule has 1 saturated heterocycles. The van der Waals surface area contributed by atoms with Crippen LogP contribution in [0, 0.1) is 0 Å². The number of amides is 2. The predicted molar refractivity (Wildman–Crippen MR) is 148 cm³/mol. The zero-order valence-electron chi connectivity index (χ0n) is 17.5. The second-order valence-electron chi connectivity index (χ2n) is 7.24. The van der Waals surface area contributed by atoms with E-state index in [0.717, 1.165) is 14.9 Å². The number of thiocarbonyl (C=S) groups is 1. The zero-order valence-corrected chi connectivity index (χ0v) is 22.9. The highest BCUT2D eigenvalue weighted by atomic mass is 79.9. The molecule has 3 aromatic rings. The van der Waals surface area contributed by atoms with Gasteiger partial charge in [0.05, 0.1) is 15.7 Å². The minimum atomic E-state index is -0.658. The van der Waals surface area contributed by atoms with Crippen LogP contribution in [-0.2, 0) is 16.2 Å². The van der Waals surface area contributed by atoms with Gasteiger partial charge in [-0.05, 0) is 60.8 Å². The van der Waals surface area contributed by atoms with Crippen molar-refractivity contribution in [1.82, 2.24) is 5.32 Å². The van der Waals surface area contributed by atoms with E-state index < -0.39 is 11.8 Å². The summed E-state index contributed by atoms with van der Waals surface area (Å²) in [6.45, 7) is 0.141. The van der Waals surface area contributed by atoms with Gasteiger partial charge in [-0.2, -0.15) is 0 Å². The van der Waals surface area contributed by atoms with Crippen molar-refractivity contribution in [2.75, 3.05) is 4.90 Å². The van der Waals surface area contributed by atoms with Crippen LogP contribution in [0.1, 0.15) is 11.1 Å². The number of hydrogen-bond donors (Lipinski definition) is 1. The Kier molecular flexibility index (Phi) is 8.06. The number of carbonyl (C=O) groups is 2. The molecule has 3 aromatic carbocycles. The average Bonchev–Trinajstić information content (AvgIpc) is 2.79. The van der Waals surface area contributed by atoms with Crippen LogP contribution in [0.25, 0.3) is 6.08 Å². The summed E-state index contributed by atoms with van der Waals surface area (Å²) >= 11 is 33.3. The second kappa shape index (κ2) is 10.9. The molecule has 2 amide bonds. The van der Waals surface area contributed by atoms with E-state index in [4.69, 9.17) is 63.4 Å². The number of nitrogens with one attached hydrogen (secondary N) is 1. The van der Waals surface area contributed by atoms with Crippen molar-refractivity contribution in [3.05, 3.63) is 95.9 Å². The molecule has 0 radical (unpaired) electrons. The van der Waals surface area contributed by atoms with E-state index in [0.29, 0.717) is 21.4 Å². The Morgan fingerprint density at radius 2 is 1.77 bits per heavy atom. The first kappa shape index (κ1) is 25.9. The van der Waals surface area contributed by atoms with Crippen molar-refractivity contribution in [3.8, 4) is 5.75 Å². The third-order valence-electron chi connectivity index (χ3n) is 4.94. The summed E-state index contributed by atoms with van der Waals surface area (Å²) < 4.78 is 6.68. The first-order valence-corrected chi connectivity index (χ1v) is 12.6. The average molecular weight is 631 g/mol. The van der Waals surface area contributed by atoms with Crippen molar-refractivity contribution in [2.24, 2.45) is 0 Å². The van der Waals surface area contributed by atoms with E-state index in [1.807, 2.05) is 0 Å². The van der Waals surface area contributed by atoms with Crippen molar-refractivity contribution in [1.29, 1.82) is 0 Å². The van der Waals surface area contributed by atoms with E-state index in [2.05, 4.69) is 21.2 Å². The topological polar surface area (TPSA) is 58.6 Å². The quantitative estimate of drug-likeness (QED) is 0.181. The molecule has 0 saturated carbocycles. The maximum Gasteiger partial charge on any atom is 0.270 e. The van der Waals surface area contributed by atoms with E-state index in [9.17, 15) is 9.59 Å². The number of carbonyl (C=O) groups excluding carboxylic acids is 2. The van der Waals surface area contributed by atoms with Crippen molar-refractivity contribution < 1.29 is 14.3 Å². The molecule has 11 heteroatoms. The largest absolute Gasteiger partial charge is 0.488 e. The fraction of sp³-hybridized carbons (Fsp3) is 0.0417. The Morgan fingerprint density at radius 3 is 2.51 bits per heavy atom. The van der Waals surface area contributed by atoms with Crippen LogP contribution in [-0.4, -0.2) is 16.9 Å². The maximum absolute atomic E-state index is 13.4. The molecule has 0 unspecified atom stereocenters. The molecular formula is C24H13BrCl4N2O3S. The molecule has 1 aliphatic heterocycles. The molecule has 1 aliphatic rings. The molecule has 4 rings (SSSR count). The summed E-state index contributed by atoms with van der Waals surface area (Å²) in [5, 5.41) is 3.76. The number of nitrogens with zero attached hydrogens (tertiary/aromatic N) is 1. The lowest BCUT2D eigenvalue weighted by Crippen LogP contribution is -2.54. The summed E-state index contributed by atoms with van der Waals surface area (Å²) in [7, 11) is 0. The Balaban J connectivity index is 1.70. The Hall–Kier alpha value is -2.13. The van der Waals surface area contributed by atoms with Gasteiger partial charge >= 0.3 is 0 Å². The van der Waals surface area contributed by atoms with Gasteiger partial charge in [0.2, 0.25) is 0 Å². The van der Waals surface area contributed by atoms with Gasteiger partial charge in [0.1, 0.15) is 17.9 Å². The molecule has 0 atom stereocenters. The molecule has 178 valence electrons. The van der Waals surface area contributed by atoms with Crippen LogP contribution < -0.4 is 15.0 Å². The fourth-order valence-electron chi connectivity index (χ4n) is 3.25. The molecule has 35 heavy (non-hydrogen) atoms. The van der Waals surface area contributed by atoms with Crippen molar-refractivity contribution >= 4 is 103 Å². The Morgan fingerprint density at radius 1 is 1.00 bits per heavy atom. The number of anilines is 1. The molecule has 1 fully saturated rings. The Labute approximate surface area is 234 Å². The Bertz CT molecular complexity index is 1410. The lowest BCUT2D eigenvalue weighted by molar-refractivity contribution is -0.122. The van der Waals surface area contributed by atoms with Gasteiger partial charge < -0.3 is 4.74 Å². The van der Waals surface area contributed by atoms with Crippen LogP contribution in [0.2, 0.25) is 20.1 Å². The third kappa shape index (κ3) is 5.66. The van der Waals surface area contributed by atoms with Gasteiger partial charge in [0.15, 0.2) is 5.11 Å². The van der Waals surface area contributed by atoms with E-state index >= 15 is 0 Å². The van der Waals surface area contributed by atoms with Crippen molar-refractivity contribution in [3.63, 3.8) is 0 Å². The normalized spacial score (nSPS) is 14.9. The minimum absolute atomic E-state index is 0.107. The summed E-state index contributed by atoms with van der Waals surface area (Å²) in [6, 6.07) is 15.1. The molecule has 0 aromatic heterocycles. The maximum atomic E-state index is 13.4. The van der Waals surface area contributed by atoms with Crippen LogP contribution in [0.3, 0.4) is 0 Å². The van der Waals surface area contributed by atoms with Gasteiger partial charge in [-0.1, -0.05) is 74.5 Å². The number of ether oxygens (including phenoxy) is 1. The zero-order chi connectivity index (χ0) is 25.3. The SMILES string of the molecule is O=C1NC(=S)N(c2cccc(Cl)c2Cl)C(=O)/C1=C/c1cc(Br)ccc1OCc1ccc(Cl)cc1Cl. The minimum Gasteiger partial charge on any atom is -0.488 e.